The van der Waals surface area contributed by atoms with Crippen LogP contribution in [-0.4, -0.2) is 23.0 Å². The summed E-state index contributed by atoms with van der Waals surface area (Å²) in [5.41, 5.74) is 6.42. The Morgan fingerprint density at radius 1 is 1.53 bits per heavy atom. The van der Waals surface area contributed by atoms with E-state index < -0.39 is 0 Å². The molecule has 0 fully saturated rings. The lowest BCUT2D eigenvalue weighted by atomic mass is 10.2. The second-order valence-electron chi connectivity index (χ2n) is 3.91. The molecule has 0 spiro atoms. The molecule has 0 atom stereocenters. The molecular formula is C12H16ClFN2S. The molecule has 1 aromatic rings. The van der Waals surface area contributed by atoms with E-state index in [-0.39, 0.29) is 5.82 Å². The fourth-order valence-corrected chi connectivity index (χ4v) is 2.05. The second kappa shape index (κ2) is 6.89. The average molecular weight is 275 g/mol. The Hall–Kier alpha value is -0.710. The van der Waals surface area contributed by atoms with E-state index >= 15 is 0 Å². The van der Waals surface area contributed by atoms with Gasteiger partial charge in [-0.25, -0.2) is 4.39 Å². The first-order valence-corrected chi connectivity index (χ1v) is 6.26. The molecule has 17 heavy (non-hydrogen) atoms. The van der Waals surface area contributed by atoms with Crippen LogP contribution in [0.1, 0.15) is 18.9 Å². The topological polar surface area (TPSA) is 29.3 Å². The van der Waals surface area contributed by atoms with E-state index in [2.05, 4.69) is 11.8 Å². The van der Waals surface area contributed by atoms with E-state index in [4.69, 9.17) is 29.6 Å². The normalized spacial score (nSPS) is 10.8. The van der Waals surface area contributed by atoms with Crippen LogP contribution in [0.4, 0.5) is 4.39 Å². The third-order valence-electron chi connectivity index (χ3n) is 2.33. The highest BCUT2D eigenvalue weighted by atomic mass is 35.5. The molecule has 1 aromatic carbocycles. The highest BCUT2D eigenvalue weighted by Gasteiger charge is 2.09. The van der Waals surface area contributed by atoms with Gasteiger partial charge in [-0.05, 0) is 30.7 Å². The van der Waals surface area contributed by atoms with E-state index in [1.165, 1.54) is 12.1 Å². The van der Waals surface area contributed by atoms with Crippen molar-refractivity contribution in [2.24, 2.45) is 5.73 Å². The molecule has 0 amide bonds. The second-order valence-corrected chi connectivity index (χ2v) is 4.84. The molecule has 0 aromatic heterocycles. The molecule has 0 saturated heterocycles. The van der Waals surface area contributed by atoms with Gasteiger partial charge in [0.2, 0.25) is 0 Å². The first kappa shape index (κ1) is 14.4. The fraction of sp³-hybridized carbons (Fsp3) is 0.417. The minimum absolute atomic E-state index is 0.324. The Labute approximate surface area is 112 Å². The summed E-state index contributed by atoms with van der Waals surface area (Å²) in [6, 6.07) is 4.42. The molecule has 0 saturated carbocycles. The summed E-state index contributed by atoms with van der Waals surface area (Å²) in [7, 11) is 0. The predicted octanol–water partition coefficient (Wildman–Crippen LogP) is 2.98. The zero-order chi connectivity index (χ0) is 12.8. The van der Waals surface area contributed by atoms with Crippen LogP contribution in [0.3, 0.4) is 0 Å². The third-order valence-corrected chi connectivity index (χ3v) is 2.81. The van der Waals surface area contributed by atoms with Crippen LogP contribution >= 0.6 is 23.8 Å². The number of nitrogens with zero attached hydrogens (tertiary/aromatic N) is 1. The molecule has 0 radical (unpaired) electrons. The molecule has 0 aliphatic heterocycles. The van der Waals surface area contributed by atoms with Crippen molar-refractivity contribution >= 4 is 28.8 Å². The molecule has 2 N–H and O–H groups in total. The van der Waals surface area contributed by atoms with E-state index in [0.717, 1.165) is 18.5 Å². The minimum atomic E-state index is -0.324. The Bertz CT molecular complexity index is 398. The molecule has 0 bridgehead atoms. The Balaban J connectivity index is 2.74. The maximum atomic E-state index is 12.9. The summed E-state index contributed by atoms with van der Waals surface area (Å²) in [5, 5.41) is 0.439. The van der Waals surface area contributed by atoms with Crippen LogP contribution < -0.4 is 5.73 Å². The average Bonchev–Trinajstić information content (AvgIpc) is 2.21. The van der Waals surface area contributed by atoms with E-state index in [1.807, 2.05) is 0 Å². The molecule has 0 unspecified atom stereocenters. The van der Waals surface area contributed by atoms with Gasteiger partial charge in [0, 0.05) is 18.1 Å². The largest absolute Gasteiger partial charge is 0.392 e. The standard InChI is InChI=1S/C12H16ClFN2S/c1-2-5-16(8-12(15)17)7-9-3-4-10(14)6-11(9)13/h3-4,6H,2,5,7-8H2,1H3,(H2,15,17). The summed E-state index contributed by atoms with van der Waals surface area (Å²) in [6.45, 7) is 4.14. The lowest BCUT2D eigenvalue weighted by molar-refractivity contribution is 0.304. The van der Waals surface area contributed by atoms with Gasteiger partial charge in [-0.1, -0.05) is 36.8 Å². The molecule has 5 heteroatoms. The number of rotatable bonds is 6. The van der Waals surface area contributed by atoms with Crippen molar-refractivity contribution in [2.45, 2.75) is 19.9 Å². The third kappa shape index (κ3) is 4.98. The van der Waals surface area contributed by atoms with Crippen LogP contribution in [-0.2, 0) is 6.54 Å². The number of nitrogens with two attached hydrogens (primary N) is 1. The van der Waals surface area contributed by atoms with Crippen LogP contribution in [0.5, 0.6) is 0 Å². The predicted molar refractivity (Wildman–Crippen MR) is 73.8 cm³/mol. The smallest absolute Gasteiger partial charge is 0.124 e. The van der Waals surface area contributed by atoms with Gasteiger partial charge in [-0.15, -0.1) is 0 Å². The van der Waals surface area contributed by atoms with Gasteiger partial charge in [0.25, 0.3) is 0 Å². The minimum Gasteiger partial charge on any atom is -0.392 e. The molecular weight excluding hydrogens is 259 g/mol. The number of hydrogen-bond donors (Lipinski definition) is 1. The van der Waals surface area contributed by atoms with Crippen LogP contribution in [0.25, 0.3) is 0 Å². The van der Waals surface area contributed by atoms with Gasteiger partial charge in [-0.2, -0.15) is 0 Å². The Morgan fingerprint density at radius 3 is 2.76 bits per heavy atom. The van der Waals surface area contributed by atoms with Gasteiger partial charge in [-0.3, -0.25) is 4.90 Å². The summed E-state index contributed by atoms with van der Waals surface area (Å²) in [5.74, 6) is -0.324. The highest BCUT2D eigenvalue weighted by Crippen LogP contribution is 2.19. The lowest BCUT2D eigenvalue weighted by Gasteiger charge is -2.21. The van der Waals surface area contributed by atoms with Gasteiger partial charge in [0.15, 0.2) is 0 Å². The maximum Gasteiger partial charge on any atom is 0.124 e. The maximum absolute atomic E-state index is 12.9. The molecule has 0 aliphatic rings. The highest BCUT2D eigenvalue weighted by molar-refractivity contribution is 7.80. The van der Waals surface area contributed by atoms with Gasteiger partial charge < -0.3 is 5.73 Å². The summed E-state index contributed by atoms with van der Waals surface area (Å²) in [6.07, 6.45) is 1.00. The van der Waals surface area contributed by atoms with Crippen molar-refractivity contribution in [3.05, 3.63) is 34.6 Å². The lowest BCUT2D eigenvalue weighted by Crippen LogP contribution is -2.33. The Kier molecular flexibility index (Phi) is 5.82. The van der Waals surface area contributed by atoms with Crippen molar-refractivity contribution in [3.8, 4) is 0 Å². The van der Waals surface area contributed by atoms with E-state index in [0.29, 0.717) is 23.1 Å². The van der Waals surface area contributed by atoms with Gasteiger partial charge in [0.05, 0.1) is 4.99 Å². The first-order chi connectivity index (χ1) is 8.02. The van der Waals surface area contributed by atoms with Crippen molar-refractivity contribution in [3.63, 3.8) is 0 Å². The zero-order valence-electron chi connectivity index (χ0n) is 9.75. The van der Waals surface area contributed by atoms with Crippen molar-refractivity contribution in [1.82, 2.24) is 4.90 Å². The molecule has 1 rings (SSSR count). The van der Waals surface area contributed by atoms with Crippen molar-refractivity contribution < 1.29 is 4.39 Å². The van der Waals surface area contributed by atoms with Crippen LogP contribution in [0, 0.1) is 5.82 Å². The van der Waals surface area contributed by atoms with E-state index in [1.54, 1.807) is 6.07 Å². The summed E-state index contributed by atoms with van der Waals surface area (Å²) < 4.78 is 12.9. The number of halogens is 2. The molecule has 94 valence electrons. The van der Waals surface area contributed by atoms with Crippen molar-refractivity contribution in [2.75, 3.05) is 13.1 Å². The monoisotopic (exact) mass is 274 g/mol. The first-order valence-electron chi connectivity index (χ1n) is 5.47. The summed E-state index contributed by atoms with van der Waals surface area (Å²) >= 11 is 10.9. The van der Waals surface area contributed by atoms with Crippen molar-refractivity contribution in [1.29, 1.82) is 0 Å². The number of benzene rings is 1. The fourth-order valence-electron chi connectivity index (χ4n) is 1.64. The molecule has 2 nitrogen and oxygen atoms in total. The quantitative estimate of drug-likeness (QED) is 0.809. The number of hydrogen-bond acceptors (Lipinski definition) is 2. The summed E-state index contributed by atoms with van der Waals surface area (Å²) in [4.78, 5) is 2.55. The SMILES string of the molecule is CCCN(CC(N)=S)Cc1ccc(F)cc1Cl. The van der Waals surface area contributed by atoms with Gasteiger partial charge >= 0.3 is 0 Å². The molecule has 0 aliphatic carbocycles. The molecule has 0 heterocycles. The van der Waals surface area contributed by atoms with Gasteiger partial charge in [0.1, 0.15) is 5.82 Å². The zero-order valence-corrected chi connectivity index (χ0v) is 11.3. The number of thiocarbonyl (C=S) groups is 1. The van der Waals surface area contributed by atoms with E-state index in [9.17, 15) is 4.39 Å². The van der Waals surface area contributed by atoms with Crippen LogP contribution in [0.15, 0.2) is 18.2 Å². The Morgan fingerprint density at radius 2 is 2.24 bits per heavy atom. The van der Waals surface area contributed by atoms with Crippen LogP contribution in [0.2, 0.25) is 5.02 Å².